The lowest BCUT2D eigenvalue weighted by atomic mass is 10.0. The number of carbonyl (C=O) groups excluding carboxylic acids is 4. The number of anilines is 2. The van der Waals surface area contributed by atoms with E-state index in [0.717, 1.165) is 46.5 Å². The lowest BCUT2D eigenvalue weighted by molar-refractivity contribution is -0.146. The predicted octanol–water partition coefficient (Wildman–Crippen LogP) is 6.38. The van der Waals surface area contributed by atoms with Gasteiger partial charge in [0.15, 0.2) is 12.2 Å². The van der Waals surface area contributed by atoms with Crippen LogP contribution in [0.5, 0.6) is 0 Å². The second-order valence-electron chi connectivity index (χ2n) is 13.7. The van der Waals surface area contributed by atoms with Crippen LogP contribution < -0.4 is 10.6 Å². The average molecular weight is 741 g/mol. The van der Waals surface area contributed by atoms with Crippen LogP contribution in [0.25, 0.3) is 22.5 Å². The van der Waals surface area contributed by atoms with Gasteiger partial charge in [0.1, 0.15) is 12.1 Å². The molecule has 0 saturated carbocycles. The molecule has 0 spiro atoms. The van der Waals surface area contributed by atoms with Gasteiger partial charge in [0.25, 0.3) is 11.8 Å². The van der Waals surface area contributed by atoms with E-state index in [1.54, 1.807) is 16.1 Å². The molecule has 0 bridgehead atoms. The van der Waals surface area contributed by atoms with Crippen LogP contribution in [-0.2, 0) is 28.7 Å². The third kappa shape index (κ3) is 8.06. The Hall–Kier alpha value is -6.11. The van der Waals surface area contributed by atoms with E-state index in [1.807, 2.05) is 109 Å². The first kappa shape index (κ1) is 37.2. The Bertz CT molecular complexity index is 1960. The summed E-state index contributed by atoms with van der Waals surface area (Å²) >= 11 is 0. The quantitative estimate of drug-likeness (QED) is 0.135. The van der Waals surface area contributed by atoms with Gasteiger partial charge in [0, 0.05) is 49.8 Å². The maximum Gasteiger partial charge on any atom is 0.257 e. The molecule has 3 N–H and O–H groups in total. The maximum absolute atomic E-state index is 13.5. The summed E-state index contributed by atoms with van der Waals surface area (Å²) in [7, 11) is 3.01. The molecule has 2 saturated heterocycles. The molecular weight excluding hydrogens is 697 g/mol. The van der Waals surface area contributed by atoms with E-state index in [0.29, 0.717) is 37.3 Å². The van der Waals surface area contributed by atoms with E-state index in [-0.39, 0.29) is 23.6 Å². The molecule has 0 radical (unpaired) electrons. The molecule has 5 aromatic rings. The summed E-state index contributed by atoms with van der Waals surface area (Å²) in [5.74, 6) is -0.937. The van der Waals surface area contributed by atoms with Crippen LogP contribution in [0.1, 0.15) is 49.0 Å². The molecule has 7 rings (SSSR count). The number of ether oxygens (including phenoxy) is 2. The zero-order valence-electron chi connectivity index (χ0n) is 30.8. The summed E-state index contributed by atoms with van der Waals surface area (Å²) in [4.78, 5) is 64.8. The van der Waals surface area contributed by atoms with E-state index in [1.165, 1.54) is 14.2 Å². The Kier molecular flexibility index (Phi) is 11.4. The molecule has 0 aliphatic carbocycles. The fraction of sp³-hybridized carbons (Fsp3) is 0.279. The number of hydrogen-bond acceptors (Lipinski definition) is 7. The second kappa shape index (κ2) is 16.9. The highest BCUT2D eigenvalue weighted by molar-refractivity contribution is 5.99. The molecule has 2 aliphatic rings. The zero-order valence-corrected chi connectivity index (χ0v) is 30.8. The van der Waals surface area contributed by atoms with Crippen molar-refractivity contribution < 1.29 is 28.7 Å². The summed E-state index contributed by atoms with van der Waals surface area (Å²) in [6, 6.07) is 32.3. The smallest absolute Gasteiger partial charge is 0.257 e. The van der Waals surface area contributed by atoms with E-state index < -0.39 is 24.3 Å². The van der Waals surface area contributed by atoms with Crippen molar-refractivity contribution in [1.82, 2.24) is 19.8 Å². The lowest BCUT2D eigenvalue weighted by Crippen LogP contribution is -2.45. The molecule has 12 heteroatoms. The number of amides is 4. The molecule has 2 fully saturated rings. The monoisotopic (exact) mass is 740 g/mol. The number of methoxy groups -OCH3 is 2. The van der Waals surface area contributed by atoms with Crippen LogP contribution >= 0.6 is 0 Å². The van der Waals surface area contributed by atoms with Gasteiger partial charge in [-0.1, -0.05) is 84.9 Å². The lowest BCUT2D eigenvalue weighted by Gasteiger charge is -2.27. The summed E-state index contributed by atoms with van der Waals surface area (Å²) in [5, 5.41) is 5.98. The van der Waals surface area contributed by atoms with Gasteiger partial charge in [-0.2, -0.15) is 0 Å². The van der Waals surface area contributed by atoms with Gasteiger partial charge >= 0.3 is 0 Å². The fourth-order valence-electron chi connectivity index (χ4n) is 7.54. The van der Waals surface area contributed by atoms with Crippen molar-refractivity contribution in [2.24, 2.45) is 0 Å². The molecule has 2 unspecified atom stereocenters. The van der Waals surface area contributed by atoms with E-state index in [2.05, 4.69) is 20.6 Å². The van der Waals surface area contributed by atoms with Crippen molar-refractivity contribution in [2.75, 3.05) is 37.9 Å². The number of H-pyrrole nitrogens is 1. The number of imidazole rings is 1. The largest absolute Gasteiger partial charge is 0.367 e. The molecular formula is C43H44N6O6. The van der Waals surface area contributed by atoms with Crippen LogP contribution in [0.2, 0.25) is 0 Å². The van der Waals surface area contributed by atoms with Gasteiger partial charge in [-0.25, -0.2) is 4.98 Å². The number of benzene rings is 4. The first-order valence-corrected chi connectivity index (χ1v) is 18.5. The van der Waals surface area contributed by atoms with Crippen LogP contribution in [0.15, 0.2) is 116 Å². The first-order chi connectivity index (χ1) is 26.9. The molecule has 55 heavy (non-hydrogen) atoms. The molecule has 3 heterocycles. The molecule has 4 atom stereocenters. The number of likely N-dealkylation sites (tertiary alicyclic amines) is 2. The third-order valence-electron chi connectivity index (χ3n) is 10.3. The van der Waals surface area contributed by atoms with Gasteiger partial charge in [0.05, 0.1) is 17.7 Å². The molecule has 2 aliphatic heterocycles. The first-order valence-electron chi connectivity index (χ1n) is 18.5. The molecule has 282 valence electrons. The predicted molar refractivity (Wildman–Crippen MR) is 209 cm³/mol. The molecule has 1 aromatic heterocycles. The van der Waals surface area contributed by atoms with E-state index in [9.17, 15) is 19.2 Å². The molecule has 12 nitrogen and oxygen atoms in total. The average Bonchev–Trinajstić information content (AvgIpc) is 4.02. The number of nitrogens with one attached hydrogen (secondary N) is 3. The molecule has 4 amide bonds. The van der Waals surface area contributed by atoms with Crippen molar-refractivity contribution in [2.45, 2.75) is 50.0 Å². The van der Waals surface area contributed by atoms with Gasteiger partial charge < -0.3 is 34.9 Å². The Labute approximate surface area is 319 Å². The minimum Gasteiger partial charge on any atom is -0.367 e. The Balaban J connectivity index is 0.974. The highest BCUT2D eigenvalue weighted by Gasteiger charge is 2.39. The van der Waals surface area contributed by atoms with Crippen LogP contribution in [0.4, 0.5) is 11.4 Å². The Morgan fingerprint density at radius 3 is 1.51 bits per heavy atom. The van der Waals surface area contributed by atoms with Gasteiger partial charge in [-0.3, -0.25) is 19.2 Å². The van der Waals surface area contributed by atoms with Crippen LogP contribution in [-0.4, -0.2) is 82.8 Å². The second-order valence-corrected chi connectivity index (χ2v) is 13.7. The molecule has 4 aromatic carbocycles. The number of aromatic nitrogens is 2. The topological polar surface area (TPSA) is 146 Å². The summed E-state index contributed by atoms with van der Waals surface area (Å²) in [5.41, 5.74) is 5.93. The SMILES string of the molecule is CO[C@H](C(=O)N1CCCC1C(=O)Nc1ccc(-c2nc[nH]c2-c2ccc(NC(=O)C3CCCN3C(=O)[C@@H](OC)c3ccccc3)cc2)cc1)c1ccccc1. The zero-order chi connectivity index (χ0) is 38.3. The normalized spacial score (nSPS) is 17.8. The van der Waals surface area contributed by atoms with Crippen molar-refractivity contribution in [3.05, 3.63) is 127 Å². The number of carbonyl (C=O) groups is 4. The minimum absolute atomic E-state index is 0.226. The van der Waals surface area contributed by atoms with E-state index in [4.69, 9.17) is 9.47 Å². The highest BCUT2D eigenvalue weighted by atomic mass is 16.5. The third-order valence-corrected chi connectivity index (χ3v) is 10.3. The summed E-state index contributed by atoms with van der Waals surface area (Å²) in [6.07, 6.45) is 2.68. The van der Waals surface area contributed by atoms with Crippen molar-refractivity contribution in [3.8, 4) is 22.5 Å². The fourth-order valence-corrected chi connectivity index (χ4v) is 7.54. The van der Waals surface area contributed by atoms with Gasteiger partial charge in [-0.15, -0.1) is 0 Å². The van der Waals surface area contributed by atoms with Crippen LogP contribution in [0, 0.1) is 0 Å². The van der Waals surface area contributed by atoms with Gasteiger partial charge in [0.2, 0.25) is 11.8 Å². The Morgan fingerprint density at radius 2 is 1.07 bits per heavy atom. The Morgan fingerprint density at radius 1 is 0.636 bits per heavy atom. The number of rotatable bonds is 12. The number of aromatic amines is 1. The van der Waals surface area contributed by atoms with E-state index >= 15 is 0 Å². The minimum atomic E-state index is -0.776. The van der Waals surface area contributed by atoms with Crippen LogP contribution in [0.3, 0.4) is 0 Å². The summed E-state index contributed by atoms with van der Waals surface area (Å²) < 4.78 is 11.1. The number of hydrogen-bond donors (Lipinski definition) is 3. The van der Waals surface area contributed by atoms with Crippen molar-refractivity contribution in [3.63, 3.8) is 0 Å². The van der Waals surface area contributed by atoms with Gasteiger partial charge in [-0.05, 0) is 61.1 Å². The van der Waals surface area contributed by atoms with Crippen molar-refractivity contribution in [1.29, 1.82) is 0 Å². The maximum atomic E-state index is 13.5. The van der Waals surface area contributed by atoms with Crippen molar-refractivity contribution >= 4 is 35.0 Å². The number of nitrogens with zero attached hydrogens (tertiary/aromatic N) is 3. The standard InChI is InChI=1S/C43H44N6O6/c1-54-38(30-11-5-3-6-12-30)42(52)48-25-9-15-34(48)40(50)46-32-21-17-28(18-22-32)36-37(45-27-44-36)29-19-23-33(24-20-29)47-41(51)35-16-10-26-49(35)43(53)39(55-2)31-13-7-4-8-14-31/h3-8,11-14,17-24,27,34-35,38-39H,9-10,15-16,25-26H2,1-2H3,(H,44,45)(H,46,50)(H,47,51)/t34?,35?,38-,39-/m0/s1. The summed E-state index contributed by atoms with van der Waals surface area (Å²) in [6.45, 7) is 0.978. The highest BCUT2D eigenvalue weighted by Crippen LogP contribution is 2.32.